The highest BCUT2D eigenvalue weighted by Gasteiger charge is 2.30. The van der Waals surface area contributed by atoms with Crippen molar-refractivity contribution in [1.29, 1.82) is 0 Å². The molecule has 0 unspecified atom stereocenters. The predicted molar refractivity (Wildman–Crippen MR) is 77.4 cm³/mol. The largest absolute Gasteiger partial charge is 0.337 e. The van der Waals surface area contributed by atoms with E-state index in [1.54, 1.807) is 0 Å². The van der Waals surface area contributed by atoms with E-state index >= 15 is 0 Å². The van der Waals surface area contributed by atoms with Crippen LogP contribution in [0.25, 0.3) is 0 Å². The van der Waals surface area contributed by atoms with Crippen LogP contribution in [-0.4, -0.2) is 57.7 Å². The monoisotopic (exact) mass is 276 g/mol. The van der Waals surface area contributed by atoms with Gasteiger partial charge in [-0.05, 0) is 25.8 Å². The highest BCUT2D eigenvalue weighted by Crippen LogP contribution is 2.24. The van der Waals surface area contributed by atoms with Gasteiger partial charge in [-0.1, -0.05) is 12.8 Å². The molecule has 1 aliphatic carbocycles. The van der Waals surface area contributed by atoms with Crippen LogP contribution in [0.5, 0.6) is 0 Å². The quantitative estimate of drug-likeness (QED) is 0.832. The second-order valence-corrected chi connectivity index (χ2v) is 6.02. The molecular weight excluding hydrogens is 252 g/mol. The summed E-state index contributed by atoms with van der Waals surface area (Å²) in [5, 5.41) is 4.39. The summed E-state index contributed by atoms with van der Waals surface area (Å²) in [5.41, 5.74) is 1.05. The lowest BCUT2D eigenvalue weighted by molar-refractivity contribution is -0.138. The number of nitrogens with zero attached hydrogens (tertiary/aromatic N) is 4. The molecule has 1 aromatic rings. The van der Waals surface area contributed by atoms with Crippen molar-refractivity contribution in [3.05, 3.63) is 18.0 Å². The third-order valence-electron chi connectivity index (χ3n) is 4.52. The van der Waals surface area contributed by atoms with Crippen molar-refractivity contribution in [2.45, 2.75) is 45.2 Å². The van der Waals surface area contributed by atoms with Crippen LogP contribution in [0.15, 0.2) is 12.3 Å². The van der Waals surface area contributed by atoms with Crippen molar-refractivity contribution in [1.82, 2.24) is 19.6 Å². The topological polar surface area (TPSA) is 41.4 Å². The molecule has 2 heterocycles. The average molecular weight is 276 g/mol. The van der Waals surface area contributed by atoms with Crippen molar-refractivity contribution in [2.75, 3.05) is 26.2 Å². The van der Waals surface area contributed by atoms with Gasteiger partial charge in [-0.25, -0.2) is 0 Å². The van der Waals surface area contributed by atoms with Crippen LogP contribution in [0.2, 0.25) is 0 Å². The fourth-order valence-electron chi connectivity index (χ4n) is 3.36. The first-order valence-electron chi connectivity index (χ1n) is 7.74. The van der Waals surface area contributed by atoms with Gasteiger partial charge in [-0.3, -0.25) is 14.4 Å². The summed E-state index contributed by atoms with van der Waals surface area (Å²) in [6.07, 6.45) is 7.00. The summed E-state index contributed by atoms with van der Waals surface area (Å²) in [5.74, 6) is 0.319. The van der Waals surface area contributed by atoms with E-state index in [9.17, 15) is 4.79 Å². The zero-order valence-corrected chi connectivity index (χ0v) is 12.3. The van der Waals surface area contributed by atoms with Crippen molar-refractivity contribution in [3.8, 4) is 0 Å². The third kappa shape index (κ3) is 3.03. The van der Waals surface area contributed by atoms with Crippen molar-refractivity contribution in [2.24, 2.45) is 0 Å². The fraction of sp³-hybridized carbons (Fsp3) is 0.733. The third-order valence-corrected chi connectivity index (χ3v) is 4.52. The summed E-state index contributed by atoms with van der Waals surface area (Å²) in [6, 6.07) is 2.54. The Morgan fingerprint density at radius 3 is 2.70 bits per heavy atom. The highest BCUT2D eigenvalue weighted by atomic mass is 16.2. The Bertz CT molecular complexity index is 464. The Hall–Kier alpha value is -1.36. The number of aromatic nitrogens is 2. The van der Waals surface area contributed by atoms with Gasteiger partial charge in [0.25, 0.3) is 0 Å². The lowest BCUT2D eigenvalue weighted by Crippen LogP contribution is -2.53. The minimum Gasteiger partial charge on any atom is -0.337 e. The number of hydrogen-bond acceptors (Lipinski definition) is 3. The van der Waals surface area contributed by atoms with Gasteiger partial charge in [0.05, 0.1) is 18.8 Å². The molecule has 110 valence electrons. The molecular formula is C15H24N4O. The van der Waals surface area contributed by atoms with E-state index in [2.05, 4.69) is 14.9 Å². The Kier molecular flexibility index (Phi) is 4.05. The van der Waals surface area contributed by atoms with E-state index in [1.807, 2.05) is 23.9 Å². The molecule has 2 aliphatic rings. The minimum atomic E-state index is 0.319. The Labute approximate surface area is 120 Å². The molecule has 1 amide bonds. The van der Waals surface area contributed by atoms with Crippen LogP contribution >= 0.6 is 0 Å². The lowest BCUT2D eigenvalue weighted by Gasteiger charge is -2.37. The molecule has 1 aliphatic heterocycles. The summed E-state index contributed by atoms with van der Waals surface area (Å²) < 4.78 is 1.96. The standard InChI is InChI=1S/C15H24N4O/c1-13-6-7-18(16-13)10-8-17-9-11-19(15(20)12-17)14-4-2-3-5-14/h6-7,14H,2-5,8-12H2,1H3. The zero-order valence-electron chi connectivity index (χ0n) is 12.3. The zero-order chi connectivity index (χ0) is 13.9. The van der Waals surface area contributed by atoms with Crippen molar-refractivity contribution < 1.29 is 4.79 Å². The van der Waals surface area contributed by atoms with E-state index < -0.39 is 0 Å². The van der Waals surface area contributed by atoms with Gasteiger partial charge < -0.3 is 4.90 Å². The molecule has 0 atom stereocenters. The molecule has 1 aromatic heterocycles. The first kappa shape index (κ1) is 13.6. The first-order chi connectivity index (χ1) is 9.72. The second kappa shape index (κ2) is 5.95. The van der Waals surface area contributed by atoms with Crippen LogP contribution in [0, 0.1) is 6.92 Å². The molecule has 20 heavy (non-hydrogen) atoms. The number of aryl methyl sites for hydroxylation is 1. The van der Waals surface area contributed by atoms with Gasteiger partial charge in [0.1, 0.15) is 0 Å². The Balaban J connectivity index is 1.48. The number of carbonyl (C=O) groups is 1. The second-order valence-electron chi connectivity index (χ2n) is 6.02. The summed E-state index contributed by atoms with van der Waals surface area (Å²) in [7, 11) is 0. The van der Waals surface area contributed by atoms with Crippen molar-refractivity contribution in [3.63, 3.8) is 0 Å². The number of piperazine rings is 1. The molecule has 1 saturated heterocycles. The summed E-state index contributed by atoms with van der Waals surface area (Å²) in [6.45, 7) is 6.26. The minimum absolute atomic E-state index is 0.319. The van der Waals surface area contributed by atoms with E-state index in [-0.39, 0.29) is 0 Å². The van der Waals surface area contributed by atoms with Crippen LogP contribution < -0.4 is 0 Å². The maximum Gasteiger partial charge on any atom is 0.237 e. The molecule has 0 radical (unpaired) electrons. The normalized spacial score (nSPS) is 21.9. The smallest absolute Gasteiger partial charge is 0.237 e. The Morgan fingerprint density at radius 2 is 2.05 bits per heavy atom. The molecule has 0 spiro atoms. The van der Waals surface area contributed by atoms with E-state index in [0.717, 1.165) is 31.9 Å². The van der Waals surface area contributed by atoms with E-state index in [0.29, 0.717) is 18.5 Å². The molecule has 0 N–H and O–H groups in total. The molecule has 3 rings (SSSR count). The SMILES string of the molecule is Cc1ccn(CCN2CCN(C3CCCC3)C(=O)C2)n1. The maximum atomic E-state index is 12.3. The fourth-order valence-corrected chi connectivity index (χ4v) is 3.36. The number of rotatable bonds is 4. The molecule has 5 nitrogen and oxygen atoms in total. The first-order valence-corrected chi connectivity index (χ1v) is 7.74. The molecule has 1 saturated carbocycles. The van der Waals surface area contributed by atoms with E-state index in [4.69, 9.17) is 0 Å². The van der Waals surface area contributed by atoms with Gasteiger partial charge >= 0.3 is 0 Å². The Morgan fingerprint density at radius 1 is 1.25 bits per heavy atom. The van der Waals surface area contributed by atoms with Gasteiger partial charge in [0, 0.05) is 31.9 Å². The average Bonchev–Trinajstić information content (AvgIpc) is 3.08. The number of hydrogen-bond donors (Lipinski definition) is 0. The summed E-state index contributed by atoms with van der Waals surface area (Å²) >= 11 is 0. The summed E-state index contributed by atoms with van der Waals surface area (Å²) in [4.78, 5) is 16.7. The van der Waals surface area contributed by atoms with Gasteiger partial charge in [-0.2, -0.15) is 5.10 Å². The van der Waals surface area contributed by atoms with Crippen LogP contribution in [0.3, 0.4) is 0 Å². The number of amides is 1. The predicted octanol–water partition coefficient (Wildman–Crippen LogP) is 1.28. The number of carbonyl (C=O) groups excluding carboxylic acids is 1. The van der Waals surface area contributed by atoms with Gasteiger partial charge in [0.15, 0.2) is 0 Å². The van der Waals surface area contributed by atoms with Crippen LogP contribution in [-0.2, 0) is 11.3 Å². The molecule has 0 aromatic carbocycles. The van der Waals surface area contributed by atoms with Gasteiger partial charge in [0.2, 0.25) is 5.91 Å². The van der Waals surface area contributed by atoms with E-state index in [1.165, 1.54) is 25.7 Å². The lowest BCUT2D eigenvalue weighted by atomic mass is 10.1. The van der Waals surface area contributed by atoms with Gasteiger partial charge in [-0.15, -0.1) is 0 Å². The van der Waals surface area contributed by atoms with Crippen LogP contribution in [0.1, 0.15) is 31.4 Å². The molecule has 2 fully saturated rings. The molecule has 5 heteroatoms. The molecule has 0 bridgehead atoms. The van der Waals surface area contributed by atoms with Crippen molar-refractivity contribution >= 4 is 5.91 Å². The highest BCUT2D eigenvalue weighted by molar-refractivity contribution is 5.79. The maximum absolute atomic E-state index is 12.3. The van der Waals surface area contributed by atoms with Crippen LogP contribution in [0.4, 0.5) is 0 Å².